The first kappa shape index (κ1) is 19.3. The molecule has 0 radical (unpaired) electrons. The van der Waals surface area contributed by atoms with E-state index in [-0.39, 0.29) is 12.3 Å². The second-order valence-electron chi connectivity index (χ2n) is 6.44. The normalized spacial score (nSPS) is 10.6. The molecule has 7 nitrogen and oxygen atoms in total. The highest BCUT2D eigenvalue weighted by atomic mass is 16.5. The maximum absolute atomic E-state index is 12.3. The number of benzene rings is 2. The van der Waals surface area contributed by atoms with Crippen molar-refractivity contribution in [3.8, 4) is 11.5 Å². The van der Waals surface area contributed by atoms with Crippen molar-refractivity contribution in [1.82, 2.24) is 10.9 Å². The average Bonchev–Trinajstić information content (AvgIpc) is 3.07. The van der Waals surface area contributed by atoms with Crippen LogP contribution in [0.15, 0.2) is 41.0 Å². The number of carbonyl (C=O) groups is 2. The predicted octanol–water partition coefficient (Wildman–Crippen LogP) is 3.07. The first-order valence-electron chi connectivity index (χ1n) is 8.71. The lowest BCUT2D eigenvalue weighted by molar-refractivity contribution is -0.121. The summed E-state index contributed by atoms with van der Waals surface area (Å²) >= 11 is 0. The second-order valence-corrected chi connectivity index (χ2v) is 6.44. The zero-order chi connectivity index (χ0) is 20.3. The van der Waals surface area contributed by atoms with E-state index in [1.165, 1.54) is 20.3 Å². The van der Waals surface area contributed by atoms with Crippen molar-refractivity contribution in [3.05, 3.63) is 58.8 Å². The molecule has 2 aromatic carbocycles. The van der Waals surface area contributed by atoms with Gasteiger partial charge in [-0.3, -0.25) is 20.4 Å². The molecule has 28 heavy (non-hydrogen) atoms. The van der Waals surface area contributed by atoms with E-state index in [0.29, 0.717) is 17.1 Å². The molecule has 0 fully saturated rings. The van der Waals surface area contributed by atoms with Crippen molar-refractivity contribution in [2.24, 2.45) is 0 Å². The van der Waals surface area contributed by atoms with Crippen LogP contribution in [0.1, 0.15) is 27.0 Å². The van der Waals surface area contributed by atoms with Crippen LogP contribution in [0, 0.1) is 13.8 Å². The van der Waals surface area contributed by atoms with E-state index in [0.717, 1.165) is 27.7 Å². The fraction of sp³-hybridized carbons (Fsp3) is 0.238. The van der Waals surface area contributed by atoms with Gasteiger partial charge in [-0.05, 0) is 55.3 Å². The number of amides is 2. The molecule has 0 aliphatic heterocycles. The summed E-state index contributed by atoms with van der Waals surface area (Å²) in [4.78, 5) is 24.5. The number of rotatable bonds is 5. The number of hydrazine groups is 1. The lowest BCUT2D eigenvalue weighted by atomic mass is 10.0. The highest BCUT2D eigenvalue weighted by Gasteiger charge is 2.14. The van der Waals surface area contributed by atoms with Gasteiger partial charge in [0.15, 0.2) is 11.5 Å². The van der Waals surface area contributed by atoms with Crippen LogP contribution in [-0.2, 0) is 11.2 Å². The van der Waals surface area contributed by atoms with Crippen molar-refractivity contribution in [2.45, 2.75) is 20.3 Å². The van der Waals surface area contributed by atoms with Crippen molar-refractivity contribution in [1.29, 1.82) is 0 Å². The van der Waals surface area contributed by atoms with Crippen LogP contribution >= 0.6 is 0 Å². The Kier molecular flexibility index (Phi) is 5.54. The van der Waals surface area contributed by atoms with Crippen LogP contribution in [0.5, 0.6) is 11.5 Å². The molecule has 3 aromatic rings. The fourth-order valence-corrected chi connectivity index (χ4v) is 2.87. The SMILES string of the molecule is COc1ccc(C(=O)NNC(=O)Cc2coc3cc(C)c(C)cc23)cc1OC. The second kappa shape index (κ2) is 8.04. The number of hydrogen-bond acceptors (Lipinski definition) is 5. The molecule has 2 N–H and O–H groups in total. The van der Waals surface area contributed by atoms with Gasteiger partial charge in [0, 0.05) is 16.5 Å². The molecule has 146 valence electrons. The first-order chi connectivity index (χ1) is 13.4. The van der Waals surface area contributed by atoms with Crippen LogP contribution in [0.4, 0.5) is 0 Å². The maximum Gasteiger partial charge on any atom is 0.269 e. The summed E-state index contributed by atoms with van der Waals surface area (Å²) in [5, 5.41) is 0.893. The van der Waals surface area contributed by atoms with Crippen molar-refractivity contribution in [2.75, 3.05) is 14.2 Å². The van der Waals surface area contributed by atoms with Crippen molar-refractivity contribution in [3.63, 3.8) is 0 Å². The third kappa shape index (κ3) is 3.93. The van der Waals surface area contributed by atoms with Gasteiger partial charge in [0.25, 0.3) is 5.91 Å². The highest BCUT2D eigenvalue weighted by molar-refractivity contribution is 5.96. The minimum absolute atomic E-state index is 0.0850. The largest absolute Gasteiger partial charge is 0.493 e. The molecule has 0 spiro atoms. The highest BCUT2D eigenvalue weighted by Crippen LogP contribution is 2.27. The van der Waals surface area contributed by atoms with E-state index >= 15 is 0 Å². The standard InChI is InChI=1S/C21H22N2O5/c1-12-7-16-15(11-28-18(16)8-13(12)2)10-20(24)22-23-21(25)14-5-6-17(26-3)19(9-14)27-4/h5-9,11H,10H2,1-4H3,(H,22,24)(H,23,25). The molecule has 0 bridgehead atoms. The summed E-state index contributed by atoms with van der Waals surface area (Å²) in [7, 11) is 3.00. The minimum atomic E-state index is -0.460. The lowest BCUT2D eigenvalue weighted by Crippen LogP contribution is -2.42. The van der Waals surface area contributed by atoms with E-state index in [1.807, 2.05) is 26.0 Å². The van der Waals surface area contributed by atoms with Crippen LogP contribution in [0.2, 0.25) is 0 Å². The van der Waals surface area contributed by atoms with Gasteiger partial charge < -0.3 is 13.9 Å². The third-order valence-corrected chi connectivity index (χ3v) is 4.58. The fourth-order valence-electron chi connectivity index (χ4n) is 2.87. The Morgan fingerprint density at radius 3 is 2.39 bits per heavy atom. The lowest BCUT2D eigenvalue weighted by Gasteiger charge is -2.10. The molecule has 0 unspecified atom stereocenters. The van der Waals surface area contributed by atoms with E-state index in [9.17, 15) is 9.59 Å². The maximum atomic E-state index is 12.3. The van der Waals surface area contributed by atoms with Gasteiger partial charge in [0.05, 0.1) is 26.9 Å². The predicted molar refractivity (Wildman–Crippen MR) is 105 cm³/mol. The Labute approximate surface area is 162 Å². The molecule has 3 rings (SSSR count). The van der Waals surface area contributed by atoms with Crippen LogP contribution in [0.25, 0.3) is 11.0 Å². The minimum Gasteiger partial charge on any atom is -0.493 e. The zero-order valence-corrected chi connectivity index (χ0v) is 16.2. The number of aryl methyl sites for hydroxylation is 2. The molecule has 0 atom stereocenters. The number of nitrogens with one attached hydrogen (secondary N) is 2. The Morgan fingerprint density at radius 2 is 1.68 bits per heavy atom. The van der Waals surface area contributed by atoms with Gasteiger partial charge in [-0.2, -0.15) is 0 Å². The van der Waals surface area contributed by atoms with Gasteiger partial charge in [0.2, 0.25) is 5.91 Å². The van der Waals surface area contributed by atoms with E-state index in [2.05, 4.69) is 10.9 Å². The molecule has 7 heteroatoms. The molecule has 1 heterocycles. The molecule has 2 amide bonds. The van der Waals surface area contributed by atoms with Gasteiger partial charge in [0.1, 0.15) is 5.58 Å². The smallest absolute Gasteiger partial charge is 0.269 e. The summed E-state index contributed by atoms with van der Waals surface area (Å²) in [6.07, 6.45) is 1.65. The summed E-state index contributed by atoms with van der Waals surface area (Å²) in [5.74, 6) is 0.130. The number of methoxy groups -OCH3 is 2. The summed E-state index contributed by atoms with van der Waals surface area (Å²) in [5.41, 5.74) is 8.90. The number of hydrogen-bond donors (Lipinski definition) is 2. The van der Waals surface area contributed by atoms with E-state index < -0.39 is 5.91 Å². The van der Waals surface area contributed by atoms with Gasteiger partial charge in [-0.25, -0.2) is 0 Å². The van der Waals surface area contributed by atoms with Crippen LogP contribution < -0.4 is 20.3 Å². The average molecular weight is 382 g/mol. The molecular formula is C21H22N2O5. The molecule has 1 aromatic heterocycles. The Hall–Kier alpha value is -3.48. The molecule has 0 saturated heterocycles. The molecule has 0 saturated carbocycles. The number of ether oxygens (including phenoxy) is 2. The van der Waals surface area contributed by atoms with Gasteiger partial charge in [-0.1, -0.05) is 0 Å². The molecule has 0 aliphatic carbocycles. The monoisotopic (exact) mass is 382 g/mol. The van der Waals surface area contributed by atoms with Crippen molar-refractivity contribution >= 4 is 22.8 Å². The topological polar surface area (TPSA) is 89.8 Å². The summed E-state index contributed by atoms with van der Waals surface area (Å²) in [6.45, 7) is 4.02. The van der Waals surface area contributed by atoms with Gasteiger partial charge >= 0.3 is 0 Å². The Bertz CT molecular complexity index is 1040. The number of fused-ring (bicyclic) bond motifs is 1. The quantitative estimate of drug-likeness (QED) is 0.662. The molecule has 0 aliphatic rings. The summed E-state index contributed by atoms with van der Waals surface area (Å²) in [6, 6.07) is 8.69. The van der Waals surface area contributed by atoms with E-state index in [1.54, 1.807) is 18.4 Å². The number of furan rings is 1. The number of carbonyl (C=O) groups excluding carboxylic acids is 2. The first-order valence-corrected chi connectivity index (χ1v) is 8.71. The summed E-state index contributed by atoms with van der Waals surface area (Å²) < 4.78 is 15.9. The zero-order valence-electron chi connectivity index (χ0n) is 16.2. The third-order valence-electron chi connectivity index (χ3n) is 4.58. The van der Waals surface area contributed by atoms with Crippen LogP contribution in [-0.4, -0.2) is 26.0 Å². The Balaban J connectivity index is 1.64. The van der Waals surface area contributed by atoms with E-state index in [4.69, 9.17) is 13.9 Å². The Morgan fingerprint density at radius 1 is 0.964 bits per heavy atom. The van der Waals surface area contributed by atoms with Crippen LogP contribution in [0.3, 0.4) is 0 Å². The van der Waals surface area contributed by atoms with Crippen molar-refractivity contribution < 1.29 is 23.5 Å². The van der Waals surface area contributed by atoms with Gasteiger partial charge in [-0.15, -0.1) is 0 Å². The molecular weight excluding hydrogens is 360 g/mol.